The summed E-state index contributed by atoms with van der Waals surface area (Å²) < 4.78 is 12.7. The molecule has 1 saturated heterocycles. The Hall–Kier alpha value is -1.27. The fourth-order valence-electron chi connectivity index (χ4n) is 6.10. The normalized spacial score (nSPS) is 29.2. The molecule has 0 radical (unpaired) electrons. The summed E-state index contributed by atoms with van der Waals surface area (Å²) in [6, 6.07) is 8.69. The molecular weight excluding hydrogens is 404 g/mol. The quantitative estimate of drug-likeness (QED) is 0.600. The topological polar surface area (TPSA) is 43.4 Å². The number of aromatic nitrogens is 1. The zero-order chi connectivity index (χ0) is 21.4. The van der Waals surface area contributed by atoms with Crippen LogP contribution in [-0.2, 0) is 20.3 Å². The Labute approximate surface area is 190 Å². The lowest BCUT2D eigenvalue weighted by molar-refractivity contribution is -0.104. The van der Waals surface area contributed by atoms with Gasteiger partial charge in [0.15, 0.2) is 0 Å². The van der Waals surface area contributed by atoms with Gasteiger partial charge in [0.25, 0.3) is 0 Å². The van der Waals surface area contributed by atoms with Crippen LogP contribution in [0.25, 0.3) is 0 Å². The minimum atomic E-state index is 0.0830. The monoisotopic (exact) mass is 440 g/mol. The van der Waals surface area contributed by atoms with Crippen molar-refractivity contribution in [2.75, 3.05) is 26.3 Å². The molecule has 4 heterocycles. The Balaban J connectivity index is 1.26. The molecule has 0 bridgehead atoms. The Morgan fingerprint density at radius 1 is 1.16 bits per heavy atom. The van der Waals surface area contributed by atoms with Crippen LogP contribution < -0.4 is 5.32 Å². The van der Waals surface area contributed by atoms with Crippen molar-refractivity contribution in [2.24, 2.45) is 0 Å². The molecule has 168 valence electrons. The summed E-state index contributed by atoms with van der Waals surface area (Å²) in [6.07, 6.45) is 10.4. The summed E-state index contributed by atoms with van der Waals surface area (Å²) in [6.45, 7) is 8.07. The predicted octanol–water partition coefficient (Wildman–Crippen LogP) is 5.53. The third-order valence-electron chi connectivity index (χ3n) is 7.84. The molecule has 2 fully saturated rings. The van der Waals surface area contributed by atoms with Crippen LogP contribution in [0.5, 0.6) is 0 Å². The smallest absolute Gasteiger partial charge is 0.104 e. The summed E-state index contributed by atoms with van der Waals surface area (Å²) in [4.78, 5) is 6.23. The lowest BCUT2D eigenvalue weighted by Gasteiger charge is -2.46. The Morgan fingerprint density at radius 2 is 2.03 bits per heavy atom. The summed E-state index contributed by atoms with van der Waals surface area (Å²) in [5.41, 5.74) is 3.03. The number of rotatable bonds is 6. The van der Waals surface area contributed by atoms with Crippen LogP contribution in [0.15, 0.2) is 35.8 Å². The van der Waals surface area contributed by atoms with Gasteiger partial charge >= 0.3 is 0 Å². The van der Waals surface area contributed by atoms with Gasteiger partial charge in [-0.05, 0) is 67.8 Å². The van der Waals surface area contributed by atoms with E-state index in [0.717, 1.165) is 45.6 Å². The van der Waals surface area contributed by atoms with E-state index in [1.807, 2.05) is 23.6 Å². The van der Waals surface area contributed by atoms with Crippen molar-refractivity contribution >= 4 is 11.3 Å². The van der Waals surface area contributed by atoms with Gasteiger partial charge < -0.3 is 14.8 Å². The minimum Gasteiger partial charge on any atom is -0.375 e. The number of hydrogen-bond acceptors (Lipinski definition) is 5. The zero-order valence-electron chi connectivity index (χ0n) is 19.0. The zero-order valence-corrected chi connectivity index (χ0v) is 19.8. The van der Waals surface area contributed by atoms with Gasteiger partial charge in [-0.3, -0.25) is 4.98 Å². The van der Waals surface area contributed by atoms with Crippen molar-refractivity contribution in [1.29, 1.82) is 0 Å². The number of thiophene rings is 1. The van der Waals surface area contributed by atoms with Crippen molar-refractivity contribution in [1.82, 2.24) is 10.3 Å². The molecule has 5 rings (SSSR count). The van der Waals surface area contributed by atoms with E-state index < -0.39 is 0 Å². The van der Waals surface area contributed by atoms with Gasteiger partial charge in [-0.15, -0.1) is 11.3 Å². The Bertz CT molecular complexity index is 875. The molecular formula is C26H36N2O2S. The van der Waals surface area contributed by atoms with Gasteiger partial charge in [0.2, 0.25) is 0 Å². The lowest BCUT2D eigenvalue weighted by atomic mass is 9.68. The van der Waals surface area contributed by atoms with Crippen LogP contribution in [-0.4, -0.2) is 36.9 Å². The first-order valence-corrected chi connectivity index (χ1v) is 12.9. The van der Waals surface area contributed by atoms with E-state index in [0.29, 0.717) is 0 Å². The fraction of sp³-hybridized carbons (Fsp3) is 0.654. The highest BCUT2D eigenvalue weighted by Crippen LogP contribution is 2.49. The molecule has 1 saturated carbocycles. The standard InChI is InChI=1S/C26H36N2O2S/c1-24(2)19-29-21(23-20(24)8-16-31-23)17-27-14-11-25(22-7-3-6-13-28-22)12-15-30-26(18-25)9-4-5-10-26/h3,6-8,13,16,21,27H,4-5,9-12,14-15,17-19H2,1-2H3/t21?,25-/m1/s1. The number of pyridine rings is 1. The fourth-order valence-corrected chi connectivity index (χ4v) is 7.23. The molecule has 4 nitrogen and oxygen atoms in total. The van der Waals surface area contributed by atoms with Crippen LogP contribution in [0, 0.1) is 0 Å². The van der Waals surface area contributed by atoms with E-state index >= 15 is 0 Å². The molecule has 1 spiro atoms. The van der Waals surface area contributed by atoms with Gasteiger partial charge in [0.05, 0.1) is 12.2 Å². The van der Waals surface area contributed by atoms with Crippen molar-refractivity contribution in [3.05, 3.63) is 52.0 Å². The highest BCUT2D eigenvalue weighted by Gasteiger charge is 2.48. The molecule has 2 aliphatic heterocycles. The first kappa shape index (κ1) is 21.6. The maximum Gasteiger partial charge on any atom is 0.104 e. The first-order valence-electron chi connectivity index (χ1n) is 12.0. The highest BCUT2D eigenvalue weighted by molar-refractivity contribution is 7.10. The maximum atomic E-state index is 6.39. The van der Waals surface area contributed by atoms with Crippen LogP contribution in [0.4, 0.5) is 0 Å². The van der Waals surface area contributed by atoms with Crippen LogP contribution in [0.3, 0.4) is 0 Å². The average Bonchev–Trinajstić information content (AvgIpc) is 3.44. The molecule has 0 aromatic carbocycles. The number of ether oxygens (including phenoxy) is 2. The second kappa shape index (κ2) is 8.58. The summed E-state index contributed by atoms with van der Waals surface area (Å²) >= 11 is 1.84. The summed E-state index contributed by atoms with van der Waals surface area (Å²) in [5.74, 6) is 0. The number of nitrogens with one attached hydrogen (secondary N) is 1. The van der Waals surface area contributed by atoms with Crippen LogP contribution in [0.1, 0.15) is 81.0 Å². The van der Waals surface area contributed by atoms with Crippen LogP contribution >= 0.6 is 11.3 Å². The number of fused-ring (bicyclic) bond motifs is 1. The van der Waals surface area contributed by atoms with E-state index in [1.165, 1.54) is 41.8 Å². The predicted molar refractivity (Wildman–Crippen MR) is 126 cm³/mol. The van der Waals surface area contributed by atoms with Gasteiger partial charge in [0, 0.05) is 40.7 Å². The molecule has 1 unspecified atom stereocenters. The molecule has 3 aliphatic rings. The SMILES string of the molecule is CC1(C)COC(CNCC[C@@]2(c3ccccn3)CCOC3(CCCC3)C2)c2sccc21. The lowest BCUT2D eigenvalue weighted by Crippen LogP contribution is -2.47. The molecule has 1 aliphatic carbocycles. The van der Waals surface area contributed by atoms with Gasteiger partial charge in [0.1, 0.15) is 6.10 Å². The summed E-state index contributed by atoms with van der Waals surface area (Å²) in [5, 5.41) is 5.96. The van der Waals surface area contributed by atoms with Crippen molar-refractivity contribution in [3.63, 3.8) is 0 Å². The third kappa shape index (κ3) is 4.22. The Morgan fingerprint density at radius 3 is 2.84 bits per heavy atom. The van der Waals surface area contributed by atoms with E-state index in [9.17, 15) is 0 Å². The van der Waals surface area contributed by atoms with Crippen LogP contribution in [0.2, 0.25) is 0 Å². The van der Waals surface area contributed by atoms with E-state index in [4.69, 9.17) is 14.5 Å². The average molecular weight is 441 g/mol. The van der Waals surface area contributed by atoms with Crippen molar-refractivity contribution in [2.45, 2.75) is 81.3 Å². The molecule has 0 amide bonds. The minimum absolute atomic E-state index is 0.0830. The van der Waals surface area contributed by atoms with Gasteiger partial charge in [-0.1, -0.05) is 32.8 Å². The van der Waals surface area contributed by atoms with Crippen molar-refractivity contribution in [3.8, 4) is 0 Å². The van der Waals surface area contributed by atoms with Crippen molar-refractivity contribution < 1.29 is 9.47 Å². The van der Waals surface area contributed by atoms with E-state index in [1.54, 1.807) is 0 Å². The largest absolute Gasteiger partial charge is 0.375 e. The first-order chi connectivity index (χ1) is 15.0. The maximum absolute atomic E-state index is 6.39. The second-order valence-corrected chi connectivity index (χ2v) is 11.4. The van der Waals surface area contributed by atoms with E-state index in [-0.39, 0.29) is 22.5 Å². The molecule has 2 atom stereocenters. The Kier molecular flexibility index (Phi) is 5.97. The summed E-state index contributed by atoms with van der Waals surface area (Å²) in [7, 11) is 0. The van der Waals surface area contributed by atoms with Gasteiger partial charge in [-0.2, -0.15) is 0 Å². The molecule has 2 aromatic heterocycles. The second-order valence-electron chi connectivity index (χ2n) is 10.5. The number of hydrogen-bond donors (Lipinski definition) is 1. The molecule has 2 aromatic rings. The molecule has 5 heteroatoms. The third-order valence-corrected chi connectivity index (χ3v) is 8.85. The molecule has 1 N–H and O–H groups in total. The molecule has 31 heavy (non-hydrogen) atoms. The highest BCUT2D eigenvalue weighted by atomic mass is 32.1. The number of nitrogens with zero attached hydrogens (tertiary/aromatic N) is 1. The van der Waals surface area contributed by atoms with E-state index in [2.05, 4.69) is 42.7 Å². The van der Waals surface area contributed by atoms with Gasteiger partial charge in [-0.25, -0.2) is 0 Å².